The molecule has 124 valence electrons. The number of nitrogens with zero attached hydrogens (tertiary/aromatic N) is 1. The fraction of sp³-hybridized carbons (Fsp3) is 0.500. The standard InChI is InChI=1S/C13H17BrN2O3S.CH5N/c1-8(17)16-7-13(2,3)9-5-10(14)12(6-11(9)16)20(18,19)15-4;1-2/h5-6,15H,7H2,1-4H3;2H2,1H3. The molecule has 1 aliphatic heterocycles. The largest absolute Gasteiger partial charge is 0.333 e. The van der Waals surface area contributed by atoms with E-state index in [1.165, 1.54) is 21.0 Å². The monoisotopic (exact) mass is 391 g/mol. The zero-order chi connectivity index (χ0) is 17.3. The Morgan fingerprint density at radius 1 is 1.36 bits per heavy atom. The van der Waals surface area contributed by atoms with Crippen molar-refractivity contribution in [2.24, 2.45) is 5.73 Å². The van der Waals surface area contributed by atoms with Crippen molar-refractivity contribution in [1.29, 1.82) is 0 Å². The summed E-state index contributed by atoms with van der Waals surface area (Å²) in [6.07, 6.45) is 0. The van der Waals surface area contributed by atoms with Gasteiger partial charge in [-0.2, -0.15) is 0 Å². The number of benzene rings is 1. The number of nitrogens with one attached hydrogen (secondary N) is 1. The molecule has 2 rings (SSSR count). The number of hydrogen-bond donors (Lipinski definition) is 2. The fourth-order valence-corrected chi connectivity index (χ4v) is 4.26. The molecule has 6 nitrogen and oxygen atoms in total. The minimum atomic E-state index is -3.57. The molecule has 0 unspecified atom stereocenters. The van der Waals surface area contributed by atoms with Gasteiger partial charge in [0.05, 0.1) is 4.90 Å². The normalized spacial score (nSPS) is 15.9. The predicted octanol–water partition coefficient (Wildman–Crippen LogP) is 1.58. The van der Waals surface area contributed by atoms with E-state index in [0.717, 1.165) is 5.56 Å². The first-order chi connectivity index (χ1) is 10.1. The van der Waals surface area contributed by atoms with E-state index >= 15 is 0 Å². The van der Waals surface area contributed by atoms with Crippen molar-refractivity contribution in [3.63, 3.8) is 0 Å². The van der Waals surface area contributed by atoms with E-state index < -0.39 is 10.0 Å². The van der Waals surface area contributed by atoms with Crippen molar-refractivity contribution in [3.05, 3.63) is 22.2 Å². The number of halogens is 1. The average molecular weight is 392 g/mol. The van der Waals surface area contributed by atoms with Crippen LogP contribution >= 0.6 is 15.9 Å². The van der Waals surface area contributed by atoms with Gasteiger partial charge in [-0.25, -0.2) is 13.1 Å². The summed E-state index contributed by atoms with van der Waals surface area (Å²) >= 11 is 3.31. The smallest absolute Gasteiger partial charge is 0.241 e. The first-order valence-corrected chi connectivity index (χ1v) is 9.01. The second-order valence-electron chi connectivity index (χ2n) is 5.50. The maximum absolute atomic E-state index is 12.0. The van der Waals surface area contributed by atoms with Gasteiger partial charge >= 0.3 is 0 Å². The van der Waals surface area contributed by atoms with Crippen molar-refractivity contribution in [2.75, 3.05) is 25.5 Å². The number of amides is 1. The first kappa shape index (κ1) is 19.1. The maximum atomic E-state index is 12.0. The summed E-state index contributed by atoms with van der Waals surface area (Å²) in [5, 5.41) is 0. The second-order valence-corrected chi connectivity index (χ2v) is 8.21. The Balaban J connectivity index is 0.00000116. The molecule has 0 aromatic heterocycles. The Kier molecular flexibility index (Phi) is 5.77. The van der Waals surface area contributed by atoms with Crippen molar-refractivity contribution in [2.45, 2.75) is 31.1 Å². The van der Waals surface area contributed by atoms with Crippen molar-refractivity contribution in [3.8, 4) is 0 Å². The van der Waals surface area contributed by atoms with Gasteiger partial charge in [0.2, 0.25) is 15.9 Å². The van der Waals surface area contributed by atoms with Crippen LogP contribution in [0, 0.1) is 0 Å². The van der Waals surface area contributed by atoms with Gasteiger partial charge < -0.3 is 10.6 Å². The summed E-state index contributed by atoms with van der Waals surface area (Å²) in [5.41, 5.74) is 5.93. The SMILES string of the molecule is CN.CNS(=O)(=O)c1cc2c(cc1Br)C(C)(C)CN2C(C)=O. The van der Waals surface area contributed by atoms with Gasteiger partial charge in [-0.3, -0.25) is 4.79 Å². The van der Waals surface area contributed by atoms with E-state index in [1.807, 2.05) is 13.8 Å². The molecule has 22 heavy (non-hydrogen) atoms. The Hall–Kier alpha value is -0.960. The molecular formula is C14H22BrN3O3S. The number of hydrogen-bond acceptors (Lipinski definition) is 4. The molecule has 0 aliphatic carbocycles. The van der Waals surface area contributed by atoms with Crippen LogP contribution in [-0.4, -0.2) is 35.0 Å². The van der Waals surface area contributed by atoms with Crippen LogP contribution in [0.1, 0.15) is 26.3 Å². The molecular weight excluding hydrogens is 370 g/mol. The van der Waals surface area contributed by atoms with Crippen LogP contribution in [0.4, 0.5) is 5.69 Å². The third kappa shape index (κ3) is 3.34. The molecule has 1 heterocycles. The highest BCUT2D eigenvalue weighted by atomic mass is 79.9. The third-order valence-corrected chi connectivity index (χ3v) is 5.93. The minimum Gasteiger partial charge on any atom is -0.333 e. The van der Waals surface area contributed by atoms with Crippen LogP contribution in [0.3, 0.4) is 0 Å². The van der Waals surface area contributed by atoms with Crippen molar-refractivity contribution < 1.29 is 13.2 Å². The lowest BCUT2D eigenvalue weighted by molar-refractivity contribution is -0.116. The number of fused-ring (bicyclic) bond motifs is 1. The van der Waals surface area contributed by atoms with Crippen LogP contribution < -0.4 is 15.4 Å². The highest BCUT2D eigenvalue weighted by Gasteiger charge is 2.38. The van der Waals surface area contributed by atoms with E-state index in [9.17, 15) is 13.2 Å². The van der Waals surface area contributed by atoms with Crippen LogP contribution in [0.15, 0.2) is 21.5 Å². The predicted molar refractivity (Wildman–Crippen MR) is 91.6 cm³/mol. The number of carbonyl (C=O) groups is 1. The second kappa shape index (κ2) is 6.66. The van der Waals surface area contributed by atoms with Gasteiger partial charge in [0.25, 0.3) is 0 Å². The molecule has 3 N–H and O–H groups in total. The summed E-state index contributed by atoms with van der Waals surface area (Å²) in [6, 6.07) is 3.35. The van der Waals surface area contributed by atoms with E-state index in [1.54, 1.807) is 17.0 Å². The molecule has 1 aliphatic rings. The number of nitrogens with two attached hydrogens (primary N) is 1. The Morgan fingerprint density at radius 3 is 2.36 bits per heavy atom. The third-order valence-electron chi connectivity index (χ3n) is 3.56. The molecule has 8 heteroatoms. The molecule has 1 aromatic rings. The quantitative estimate of drug-likeness (QED) is 0.799. The summed E-state index contributed by atoms with van der Waals surface area (Å²) in [4.78, 5) is 13.5. The van der Waals surface area contributed by atoms with E-state index in [2.05, 4.69) is 26.4 Å². The lowest BCUT2D eigenvalue weighted by atomic mass is 9.87. The summed E-state index contributed by atoms with van der Waals surface area (Å²) < 4.78 is 26.8. The van der Waals surface area contributed by atoms with Crippen LogP contribution in [0.5, 0.6) is 0 Å². The number of sulfonamides is 1. The number of anilines is 1. The zero-order valence-electron chi connectivity index (χ0n) is 13.4. The van der Waals surface area contributed by atoms with E-state index in [4.69, 9.17) is 0 Å². The Labute approximate surface area is 140 Å². The zero-order valence-corrected chi connectivity index (χ0v) is 15.8. The highest BCUT2D eigenvalue weighted by molar-refractivity contribution is 9.10. The van der Waals surface area contributed by atoms with Gasteiger partial charge in [0.15, 0.2) is 0 Å². The van der Waals surface area contributed by atoms with Gasteiger partial charge in [0.1, 0.15) is 0 Å². The van der Waals surface area contributed by atoms with E-state index in [0.29, 0.717) is 16.7 Å². The first-order valence-electron chi connectivity index (χ1n) is 6.73. The van der Waals surface area contributed by atoms with Gasteiger partial charge in [-0.1, -0.05) is 13.8 Å². The molecule has 0 atom stereocenters. The van der Waals surface area contributed by atoms with Gasteiger partial charge in [-0.15, -0.1) is 0 Å². The Morgan fingerprint density at radius 2 is 1.91 bits per heavy atom. The topological polar surface area (TPSA) is 92.5 Å². The molecule has 1 aromatic carbocycles. The van der Waals surface area contributed by atoms with Crippen molar-refractivity contribution >= 4 is 37.5 Å². The lowest BCUT2D eigenvalue weighted by Gasteiger charge is -2.19. The number of rotatable bonds is 2. The molecule has 0 fully saturated rings. The molecule has 0 saturated heterocycles. The highest BCUT2D eigenvalue weighted by Crippen LogP contribution is 2.43. The fourth-order valence-electron chi connectivity index (χ4n) is 2.47. The Bertz CT molecular complexity index is 687. The molecule has 0 spiro atoms. The maximum Gasteiger partial charge on any atom is 0.241 e. The minimum absolute atomic E-state index is 0.0908. The van der Waals surface area contributed by atoms with Crippen molar-refractivity contribution in [1.82, 2.24) is 4.72 Å². The lowest BCUT2D eigenvalue weighted by Crippen LogP contribution is -2.32. The van der Waals surface area contributed by atoms with Crippen LogP contribution in [-0.2, 0) is 20.2 Å². The molecule has 0 radical (unpaired) electrons. The molecule has 0 saturated carbocycles. The molecule has 1 amide bonds. The van der Waals surface area contributed by atoms with E-state index in [-0.39, 0.29) is 16.2 Å². The average Bonchev–Trinajstić information content (AvgIpc) is 2.72. The van der Waals surface area contributed by atoms with Crippen LogP contribution in [0.25, 0.3) is 0 Å². The summed E-state index contributed by atoms with van der Waals surface area (Å²) in [5.74, 6) is -0.0908. The van der Waals surface area contributed by atoms with Gasteiger partial charge in [-0.05, 0) is 47.7 Å². The number of carbonyl (C=O) groups excluding carboxylic acids is 1. The summed E-state index contributed by atoms with van der Waals surface area (Å²) in [6.45, 7) is 6.10. The van der Waals surface area contributed by atoms with Gasteiger partial charge in [0, 0.05) is 29.0 Å². The van der Waals surface area contributed by atoms with Crippen LogP contribution in [0.2, 0.25) is 0 Å². The summed E-state index contributed by atoms with van der Waals surface area (Å²) in [7, 11) is -0.709. The molecule has 0 bridgehead atoms.